The summed E-state index contributed by atoms with van der Waals surface area (Å²) >= 11 is 0. The Morgan fingerprint density at radius 1 is 0.435 bits per heavy atom. The first-order valence-electron chi connectivity index (χ1n) is 8.23. The van der Waals surface area contributed by atoms with Gasteiger partial charge in [0.2, 0.25) is 0 Å². The van der Waals surface area contributed by atoms with Gasteiger partial charge in [0.1, 0.15) is 0 Å². The van der Waals surface area contributed by atoms with Crippen molar-refractivity contribution in [3.05, 3.63) is 82.4 Å². The lowest BCUT2D eigenvalue weighted by Gasteiger charge is -2.21. The summed E-state index contributed by atoms with van der Waals surface area (Å²) in [5.41, 5.74) is 12.2. The van der Waals surface area contributed by atoms with Gasteiger partial charge in [-0.25, -0.2) is 0 Å². The molecule has 0 atom stereocenters. The highest BCUT2D eigenvalue weighted by molar-refractivity contribution is 5.82. The summed E-state index contributed by atoms with van der Waals surface area (Å²) in [4.78, 5) is 0. The molecule has 0 aliphatic heterocycles. The molecule has 0 spiro atoms. The lowest BCUT2D eigenvalue weighted by molar-refractivity contribution is 1.24. The zero-order valence-corrected chi connectivity index (χ0v) is 14.7. The standard InChI is InChI=1S/C23H24/c1-15-11-13-21(14-12-15)23-18(4)16(2)22(17(3)19(23)5)20-9-7-6-8-10-20/h6-14H,1-5H3. The van der Waals surface area contributed by atoms with E-state index in [0.717, 1.165) is 0 Å². The number of hydrogen-bond donors (Lipinski definition) is 0. The van der Waals surface area contributed by atoms with Crippen LogP contribution in [0.15, 0.2) is 54.6 Å². The molecule has 0 saturated carbocycles. The second-order valence-electron chi connectivity index (χ2n) is 6.48. The smallest absolute Gasteiger partial charge is 0.0120 e. The fraction of sp³-hybridized carbons (Fsp3) is 0.217. The summed E-state index contributed by atoms with van der Waals surface area (Å²) in [5, 5.41) is 0. The minimum absolute atomic E-state index is 1.30. The van der Waals surface area contributed by atoms with E-state index < -0.39 is 0 Å². The lowest BCUT2D eigenvalue weighted by Crippen LogP contribution is -2.00. The highest BCUT2D eigenvalue weighted by Crippen LogP contribution is 2.38. The summed E-state index contributed by atoms with van der Waals surface area (Å²) in [5.74, 6) is 0. The molecular weight excluding hydrogens is 276 g/mol. The fourth-order valence-corrected chi connectivity index (χ4v) is 3.50. The van der Waals surface area contributed by atoms with Crippen LogP contribution in [-0.2, 0) is 0 Å². The molecule has 0 amide bonds. The minimum Gasteiger partial charge on any atom is -0.0622 e. The Morgan fingerprint density at radius 3 is 1.26 bits per heavy atom. The van der Waals surface area contributed by atoms with E-state index in [0.29, 0.717) is 0 Å². The van der Waals surface area contributed by atoms with Gasteiger partial charge in [-0.15, -0.1) is 0 Å². The van der Waals surface area contributed by atoms with E-state index in [4.69, 9.17) is 0 Å². The second-order valence-corrected chi connectivity index (χ2v) is 6.48. The molecule has 0 aliphatic rings. The van der Waals surface area contributed by atoms with Crippen LogP contribution in [0.4, 0.5) is 0 Å². The molecule has 0 bridgehead atoms. The Bertz CT molecular complexity index is 808. The molecule has 0 heterocycles. The van der Waals surface area contributed by atoms with Gasteiger partial charge < -0.3 is 0 Å². The van der Waals surface area contributed by atoms with Crippen LogP contribution in [-0.4, -0.2) is 0 Å². The first-order chi connectivity index (χ1) is 11.0. The molecule has 0 unspecified atom stereocenters. The first-order valence-corrected chi connectivity index (χ1v) is 8.23. The molecule has 0 aliphatic carbocycles. The molecule has 0 radical (unpaired) electrons. The first kappa shape index (κ1) is 15.6. The molecule has 23 heavy (non-hydrogen) atoms. The third-order valence-corrected chi connectivity index (χ3v) is 5.03. The van der Waals surface area contributed by atoms with Crippen molar-refractivity contribution in [3.63, 3.8) is 0 Å². The van der Waals surface area contributed by atoms with Gasteiger partial charge in [-0.05, 0) is 79.1 Å². The Labute approximate surface area is 139 Å². The van der Waals surface area contributed by atoms with Crippen molar-refractivity contribution in [2.45, 2.75) is 34.6 Å². The van der Waals surface area contributed by atoms with Crippen LogP contribution in [0.5, 0.6) is 0 Å². The highest BCUT2D eigenvalue weighted by atomic mass is 14.2. The zero-order chi connectivity index (χ0) is 16.6. The summed E-state index contributed by atoms with van der Waals surface area (Å²) < 4.78 is 0. The Balaban J connectivity index is 2.28. The van der Waals surface area contributed by atoms with Gasteiger partial charge in [0.25, 0.3) is 0 Å². The molecule has 0 aromatic heterocycles. The maximum atomic E-state index is 2.25. The van der Waals surface area contributed by atoms with E-state index in [1.807, 2.05) is 0 Å². The third kappa shape index (κ3) is 2.70. The predicted molar refractivity (Wildman–Crippen MR) is 101 cm³/mol. The lowest BCUT2D eigenvalue weighted by atomic mass is 9.83. The van der Waals surface area contributed by atoms with E-state index in [1.54, 1.807) is 0 Å². The van der Waals surface area contributed by atoms with Crippen LogP contribution in [0.3, 0.4) is 0 Å². The van der Waals surface area contributed by atoms with Crippen LogP contribution >= 0.6 is 0 Å². The van der Waals surface area contributed by atoms with Gasteiger partial charge in [-0.1, -0.05) is 60.2 Å². The molecule has 0 fully saturated rings. The molecule has 116 valence electrons. The molecule has 3 rings (SSSR count). The topological polar surface area (TPSA) is 0 Å². The molecule has 0 saturated heterocycles. The zero-order valence-electron chi connectivity index (χ0n) is 14.7. The molecule has 0 nitrogen and oxygen atoms in total. The molecule has 3 aromatic carbocycles. The van der Waals surface area contributed by atoms with Crippen molar-refractivity contribution in [2.75, 3.05) is 0 Å². The number of rotatable bonds is 2. The quantitative estimate of drug-likeness (QED) is 0.502. The van der Waals surface area contributed by atoms with Gasteiger partial charge in [0.15, 0.2) is 0 Å². The van der Waals surface area contributed by atoms with Crippen LogP contribution < -0.4 is 0 Å². The predicted octanol–water partition coefficient (Wildman–Crippen LogP) is 6.56. The van der Waals surface area contributed by atoms with Crippen molar-refractivity contribution in [3.8, 4) is 22.3 Å². The molecule has 0 heteroatoms. The van der Waals surface area contributed by atoms with Crippen molar-refractivity contribution >= 4 is 0 Å². The Hall–Kier alpha value is -2.34. The average Bonchev–Trinajstić information content (AvgIpc) is 2.56. The van der Waals surface area contributed by atoms with Gasteiger partial charge >= 0.3 is 0 Å². The average molecular weight is 300 g/mol. The van der Waals surface area contributed by atoms with Crippen LogP contribution in [0.1, 0.15) is 27.8 Å². The molecule has 3 aromatic rings. The minimum atomic E-state index is 1.30. The van der Waals surface area contributed by atoms with E-state index >= 15 is 0 Å². The monoisotopic (exact) mass is 300 g/mol. The van der Waals surface area contributed by atoms with Crippen LogP contribution in [0.25, 0.3) is 22.3 Å². The molecular formula is C23H24. The maximum Gasteiger partial charge on any atom is -0.0120 e. The van der Waals surface area contributed by atoms with Crippen molar-refractivity contribution in [1.82, 2.24) is 0 Å². The Kier molecular flexibility index (Phi) is 4.09. The number of hydrogen-bond acceptors (Lipinski definition) is 0. The van der Waals surface area contributed by atoms with Crippen molar-refractivity contribution in [2.24, 2.45) is 0 Å². The van der Waals surface area contributed by atoms with Crippen LogP contribution in [0.2, 0.25) is 0 Å². The van der Waals surface area contributed by atoms with Crippen LogP contribution in [0, 0.1) is 34.6 Å². The van der Waals surface area contributed by atoms with E-state index in [9.17, 15) is 0 Å². The van der Waals surface area contributed by atoms with Crippen molar-refractivity contribution < 1.29 is 0 Å². The van der Waals surface area contributed by atoms with Gasteiger partial charge in [0, 0.05) is 0 Å². The van der Waals surface area contributed by atoms with E-state index in [2.05, 4.69) is 89.2 Å². The number of aryl methyl sites for hydroxylation is 1. The summed E-state index contributed by atoms with van der Waals surface area (Å²) in [6.07, 6.45) is 0. The van der Waals surface area contributed by atoms with Gasteiger partial charge in [-0.2, -0.15) is 0 Å². The summed E-state index contributed by atoms with van der Waals surface area (Å²) in [6.45, 7) is 11.1. The Morgan fingerprint density at radius 2 is 0.826 bits per heavy atom. The van der Waals surface area contributed by atoms with Gasteiger partial charge in [0.05, 0.1) is 0 Å². The second kappa shape index (κ2) is 6.04. The largest absolute Gasteiger partial charge is 0.0622 e. The SMILES string of the molecule is Cc1ccc(-c2c(C)c(C)c(-c3ccccc3)c(C)c2C)cc1. The normalized spacial score (nSPS) is 10.8. The fourth-order valence-electron chi connectivity index (χ4n) is 3.50. The summed E-state index contributed by atoms with van der Waals surface area (Å²) in [7, 11) is 0. The highest BCUT2D eigenvalue weighted by Gasteiger charge is 2.16. The van der Waals surface area contributed by atoms with Gasteiger partial charge in [-0.3, -0.25) is 0 Å². The van der Waals surface area contributed by atoms with Crippen molar-refractivity contribution in [1.29, 1.82) is 0 Å². The summed E-state index contributed by atoms with van der Waals surface area (Å²) in [6, 6.07) is 19.6. The maximum absolute atomic E-state index is 2.25. The number of benzene rings is 3. The third-order valence-electron chi connectivity index (χ3n) is 5.03. The van der Waals surface area contributed by atoms with E-state index in [1.165, 1.54) is 50.1 Å². The molecule has 0 N–H and O–H groups in total. The van der Waals surface area contributed by atoms with E-state index in [-0.39, 0.29) is 0 Å².